The van der Waals surface area contributed by atoms with Crippen molar-refractivity contribution >= 4 is 29.2 Å². The molecule has 0 spiro atoms. The van der Waals surface area contributed by atoms with E-state index in [9.17, 15) is 0 Å². The zero-order chi connectivity index (χ0) is 17.2. The first-order chi connectivity index (χ1) is 12.3. The number of anilines is 1. The molecule has 1 aromatic carbocycles. The van der Waals surface area contributed by atoms with Crippen LogP contribution in [0.2, 0.25) is 0 Å². The van der Waals surface area contributed by atoms with Gasteiger partial charge in [-0.2, -0.15) is 0 Å². The Bertz CT molecular complexity index is 908. The molecule has 0 radical (unpaired) electrons. The van der Waals surface area contributed by atoms with Gasteiger partial charge in [-0.05, 0) is 37.3 Å². The molecule has 4 rings (SSSR count). The van der Waals surface area contributed by atoms with Gasteiger partial charge in [0, 0.05) is 18.9 Å². The number of hydrogen-bond acceptors (Lipinski definition) is 4. The van der Waals surface area contributed by atoms with Crippen LogP contribution in [0.5, 0.6) is 0 Å². The van der Waals surface area contributed by atoms with Crippen LogP contribution in [0.3, 0.4) is 0 Å². The van der Waals surface area contributed by atoms with Crippen LogP contribution in [-0.4, -0.2) is 45.3 Å². The molecule has 0 aliphatic carbocycles. The summed E-state index contributed by atoms with van der Waals surface area (Å²) >= 11 is 5.74. The van der Waals surface area contributed by atoms with Crippen molar-refractivity contribution in [2.24, 2.45) is 0 Å². The first-order valence-electron chi connectivity index (χ1n) is 8.81. The summed E-state index contributed by atoms with van der Waals surface area (Å²) in [6, 6.07) is 10.4. The van der Waals surface area contributed by atoms with Crippen molar-refractivity contribution in [3.63, 3.8) is 0 Å². The smallest absolute Gasteiger partial charge is 0.225 e. The summed E-state index contributed by atoms with van der Waals surface area (Å²) in [7, 11) is 0. The normalized spacial score (nSPS) is 15.8. The summed E-state index contributed by atoms with van der Waals surface area (Å²) in [6.07, 6.45) is 3.61. The van der Waals surface area contributed by atoms with Crippen LogP contribution >= 0.6 is 12.2 Å². The first kappa shape index (κ1) is 16.2. The maximum Gasteiger partial charge on any atom is 0.225 e. The third kappa shape index (κ3) is 3.05. The van der Waals surface area contributed by atoms with E-state index in [4.69, 9.17) is 12.2 Å². The van der Waals surface area contributed by atoms with E-state index in [-0.39, 0.29) is 0 Å². The third-order valence-electron chi connectivity index (χ3n) is 4.93. The number of rotatable bonds is 4. The van der Waals surface area contributed by atoms with Gasteiger partial charge in [-0.1, -0.05) is 12.1 Å². The van der Waals surface area contributed by atoms with Crippen LogP contribution in [0.15, 0.2) is 42.7 Å². The molecule has 0 atom stereocenters. The van der Waals surface area contributed by atoms with Gasteiger partial charge in [-0.15, -0.1) is 0 Å². The second kappa shape index (κ2) is 6.93. The fourth-order valence-corrected chi connectivity index (χ4v) is 3.98. The molecule has 3 heterocycles. The van der Waals surface area contributed by atoms with Gasteiger partial charge in [0.05, 0.1) is 37.2 Å². The Labute approximate surface area is 152 Å². The number of para-hydroxylation sites is 2. The molecule has 25 heavy (non-hydrogen) atoms. The molecular weight excluding hydrogens is 332 g/mol. The molecule has 1 aliphatic rings. The van der Waals surface area contributed by atoms with Gasteiger partial charge in [-0.25, -0.2) is 9.97 Å². The van der Waals surface area contributed by atoms with E-state index in [1.165, 1.54) is 11.0 Å². The van der Waals surface area contributed by atoms with E-state index in [1.807, 2.05) is 6.07 Å². The second-order valence-electron chi connectivity index (χ2n) is 6.39. The van der Waals surface area contributed by atoms with Gasteiger partial charge in [0.15, 0.2) is 11.4 Å². The molecule has 2 aromatic heterocycles. The predicted molar refractivity (Wildman–Crippen MR) is 101 cm³/mol. The largest absolute Gasteiger partial charge is 0.330 e. The standard InChI is InChI=1S/C18H22N6S/c1-2-23-15-6-3-4-7-16(15)24(18(23)25)14-21-10-12-22(13-11-21)17-19-8-5-9-20-17/h3-9H,2,10-14H2,1H3/p+1. The van der Waals surface area contributed by atoms with E-state index in [0.717, 1.165) is 50.1 Å². The van der Waals surface area contributed by atoms with Crippen molar-refractivity contribution in [1.82, 2.24) is 19.1 Å². The molecule has 1 fully saturated rings. The fourth-order valence-electron chi connectivity index (χ4n) is 3.59. The fraction of sp³-hybridized carbons (Fsp3) is 0.389. The van der Waals surface area contributed by atoms with Crippen molar-refractivity contribution in [2.45, 2.75) is 20.1 Å². The second-order valence-corrected chi connectivity index (χ2v) is 6.75. The minimum Gasteiger partial charge on any atom is -0.330 e. The topological polar surface area (TPSA) is 43.3 Å². The number of quaternary nitrogens is 1. The summed E-state index contributed by atoms with van der Waals surface area (Å²) in [6.45, 7) is 8.03. The number of piperazine rings is 1. The molecule has 130 valence electrons. The number of nitrogens with one attached hydrogen (secondary N) is 1. The molecule has 1 saturated heterocycles. The van der Waals surface area contributed by atoms with Crippen LogP contribution in [0, 0.1) is 4.77 Å². The lowest BCUT2D eigenvalue weighted by Gasteiger charge is -2.32. The van der Waals surface area contributed by atoms with E-state index in [1.54, 1.807) is 17.3 Å². The maximum absolute atomic E-state index is 5.74. The Hall–Kier alpha value is -2.25. The van der Waals surface area contributed by atoms with Crippen LogP contribution in [0.25, 0.3) is 11.0 Å². The Morgan fingerprint density at radius 3 is 2.28 bits per heavy atom. The van der Waals surface area contributed by atoms with Crippen molar-refractivity contribution in [3.8, 4) is 0 Å². The average molecular weight is 355 g/mol. The average Bonchev–Trinajstić information content (AvgIpc) is 2.94. The lowest BCUT2D eigenvalue weighted by atomic mass is 10.3. The van der Waals surface area contributed by atoms with Gasteiger partial charge < -0.3 is 14.4 Å². The van der Waals surface area contributed by atoms with Crippen LogP contribution < -0.4 is 9.80 Å². The highest BCUT2D eigenvalue weighted by molar-refractivity contribution is 7.71. The zero-order valence-electron chi connectivity index (χ0n) is 14.4. The molecule has 1 aliphatic heterocycles. The number of benzene rings is 1. The first-order valence-corrected chi connectivity index (χ1v) is 9.22. The van der Waals surface area contributed by atoms with E-state index in [0.29, 0.717) is 0 Å². The van der Waals surface area contributed by atoms with Crippen molar-refractivity contribution in [3.05, 3.63) is 47.5 Å². The summed E-state index contributed by atoms with van der Waals surface area (Å²) in [5, 5.41) is 0. The van der Waals surface area contributed by atoms with Gasteiger partial charge in [-0.3, -0.25) is 4.57 Å². The van der Waals surface area contributed by atoms with Gasteiger partial charge >= 0.3 is 0 Å². The number of fused-ring (bicyclic) bond motifs is 1. The number of nitrogens with zero attached hydrogens (tertiary/aromatic N) is 5. The zero-order valence-corrected chi connectivity index (χ0v) is 15.2. The Morgan fingerprint density at radius 1 is 1.00 bits per heavy atom. The summed E-state index contributed by atoms with van der Waals surface area (Å²) in [5.74, 6) is 0.834. The summed E-state index contributed by atoms with van der Waals surface area (Å²) in [4.78, 5) is 12.5. The van der Waals surface area contributed by atoms with Crippen molar-refractivity contribution in [2.75, 3.05) is 31.1 Å². The van der Waals surface area contributed by atoms with Gasteiger partial charge in [0.25, 0.3) is 0 Å². The van der Waals surface area contributed by atoms with Crippen LogP contribution in [0.1, 0.15) is 6.92 Å². The highest BCUT2D eigenvalue weighted by Gasteiger charge is 2.23. The number of aromatic nitrogens is 4. The van der Waals surface area contributed by atoms with Gasteiger partial charge in [0.1, 0.15) is 0 Å². The third-order valence-corrected chi connectivity index (χ3v) is 5.37. The molecule has 0 unspecified atom stereocenters. The lowest BCUT2D eigenvalue weighted by molar-refractivity contribution is -0.923. The Kier molecular flexibility index (Phi) is 4.50. The molecule has 6 nitrogen and oxygen atoms in total. The lowest BCUT2D eigenvalue weighted by Crippen LogP contribution is -3.14. The Balaban J connectivity index is 1.52. The molecule has 0 bridgehead atoms. The number of hydrogen-bond donors (Lipinski definition) is 1. The predicted octanol–water partition coefficient (Wildman–Crippen LogP) is 1.34. The molecule has 1 N–H and O–H groups in total. The molecule has 0 saturated carbocycles. The van der Waals surface area contributed by atoms with E-state index >= 15 is 0 Å². The highest BCUT2D eigenvalue weighted by Crippen LogP contribution is 2.17. The highest BCUT2D eigenvalue weighted by atomic mass is 32.1. The van der Waals surface area contributed by atoms with Gasteiger partial charge in [0.2, 0.25) is 5.95 Å². The van der Waals surface area contributed by atoms with Crippen molar-refractivity contribution in [1.29, 1.82) is 0 Å². The van der Waals surface area contributed by atoms with E-state index in [2.05, 4.69) is 55.2 Å². The molecule has 0 amide bonds. The minimum atomic E-state index is 0.834. The molecular formula is C18H23N6S+. The number of aryl methyl sites for hydroxylation is 1. The maximum atomic E-state index is 5.74. The SMILES string of the molecule is CCn1c(=S)n(C[NH+]2CCN(c3ncccn3)CC2)c2ccccc21. The quantitative estimate of drug-likeness (QED) is 0.718. The molecule has 7 heteroatoms. The van der Waals surface area contributed by atoms with Crippen molar-refractivity contribution < 1.29 is 4.90 Å². The molecule has 3 aromatic rings. The summed E-state index contributed by atoms with van der Waals surface area (Å²) < 4.78 is 5.43. The Morgan fingerprint density at radius 2 is 1.64 bits per heavy atom. The summed E-state index contributed by atoms with van der Waals surface area (Å²) in [5.41, 5.74) is 2.46. The monoisotopic (exact) mass is 355 g/mol. The van der Waals surface area contributed by atoms with Crippen LogP contribution in [0.4, 0.5) is 5.95 Å². The minimum absolute atomic E-state index is 0.834. The number of imidazole rings is 1. The van der Waals surface area contributed by atoms with Crippen LogP contribution in [-0.2, 0) is 13.2 Å². The van der Waals surface area contributed by atoms with E-state index < -0.39 is 0 Å².